The Hall–Kier alpha value is -0.0800. The molecule has 0 aromatic rings. The number of likely N-dealkylation sites (tertiary alicyclic amines) is 1. The lowest BCUT2D eigenvalue weighted by Gasteiger charge is -2.41. The van der Waals surface area contributed by atoms with Crippen molar-refractivity contribution >= 4 is 0 Å². The van der Waals surface area contributed by atoms with Crippen molar-refractivity contribution in [3.05, 3.63) is 0 Å². The average Bonchev–Trinajstić information content (AvgIpc) is 2.80. The summed E-state index contributed by atoms with van der Waals surface area (Å²) < 4.78 is 0. The molecule has 0 amide bonds. The Morgan fingerprint density at radius 3 is 2.71 bits per heavy atom. The second kappa shape index (κ2) is 6.19. The van der Waals surface area contributed by atoms with E-state index in [0.717, 1.165) is 18.4 Å². The first kappa shape index (κ1) is 13.4. The van der Waals surface area contributed by atoms with E-state index in [1.54, 1.807) is 0 Å². The summed E-state index contributed by atoms with van der Waals surface area (Å²) in [7, 11) is 0. The number of rotatable bonds is 4. The Morgan fingerprint density at radius 1 is 1.18 bits per heavy atom. The van der Waals surface area contributed by atoms with E-state index >= 15 is 0 Å². The van der Waals surface area contributed by atoms with Crippen molar-refractivity contribution in [2.45, 2.75) is 83.4 Å². The maximum atomic E-state index is 10.3. The minimum absolute atomic E-state index is 0.0599. The standard InChI is InChI=1S/C15H29NO/c1-3-6-12-8-9-15(17)14(11-12)16-10-5-7-13(16)4-2/h12-15,17H,3-11H2,1-2H3. The number of hydrogen-bond acceptors (Lipinski definition) is 2. The van der Waals surface area contributed by atoms with Crippen molar-refractivity contribution in [3.63, 3.8) is 0 Å². The van der Waals surface area contributed by atoms with E-state index in [4.69, 9.17) is 0 Å². The highest BCUT2D eigenvalue weighted by Gasteiger charge is 2.37. The molecule has 0 spiro atoms. The number of aliphatic hydroxyl groups is 1. The van der Waals surface area contributed by atoms with Crippen LogP contribution in [0.25, 0.3) is 0 Å². The van der Waals surface area contributed by atoms with Gasteiger partial charge in [-0.1, -0.05) is 26.7 Å². The zero-order chi connectivity index (χ0) is 12.3. The maximum absolute atomic E-state index is 10.3. The van der Waals surface area contributed by atoms with Gasteiger partial charge in [0.05, 0.1) is 6.10 Å². The Bertz CT molecular complexity index is 231. The lowest BCUT2D eigenvalue weighted by Crippen LogP contribution is -2.49. The van der Waals surface area contributed by atoms with Gasteiger partial charge in [0.1, 0.15) is 0 Å². The summed E-state index contributed by atoms with van der Waals surface area (Å²) in [6.45, 7) is 5.80. The molecular weight excluding hydrogens is 210 g/mol. The fourth-order valence-corrected chi connectivity index (χ4v) is 3.98. The topological polar surface area (TPSA) is 23.5 Å². The summed E-state index contributed by atoms with van der Waals surface area (Å²) in [5.41, 5.74) is 0. The Kier molecular flexibility index (Phi) is 4.87. The largest absolute Gasteiger partial charge is 0.391 e. The summed E-state index contributed by atoms with van der Waals surface area (Å²) in [4.78, 5) is 2.63. The molecule has 0 aromatic heterocycles. The summed E-state index contributed by atoms with van der Waals surface area (Å²) in [5.74, 6) is 0.867. The Labute approximate surface area is 106 Å². The van der Waals surface area contributed by atoms with Crippen molar-refractivity contribution in [2.24, 2.45) is 5.92 Å². The molecule has 2 fully saturated rings. The zero-order valence-corrected chi connectivity index (χ0v) is 11.6. The van der Waals surface area contributed by atoms with Gasteiger partial charge in [0, 0.05) is 12.1 Å². The van der Waals surface area contributed by atoms with E-state index in [2.05, 4.69) is 18.7 Å². The van der Waals surface area contributed by atoms with Crippen LogP contribution in [0.2, 0.25) is 0 Å². The molecular formula is C15H29NO. The van der Waals surface area contributed by atoms with Gasteiger partial charge in [-0.25, -0.2) is 0 Å². The smallest absolute Gasteiger partial charge is 0.0695 e. The normalized spacial score (nSPS) is 39.7. The third-order valence-corrected chi connectivity index (χ3v) is 4.91. The van der Waals surface area contributed by atoms with E-state index < -0.39 is 0 Å². The SMILES string of the molecule is CCCC1CCC(O)C(N2CCCC2CC)C1. The first-order chi connectivity index (χ1) is 8.26. The fourth-order valence-electron chi connectivity index (χ4n) is 3.98. The molecule has 2 nitrogen and oxygen atoms in total. The van der Waals surface area contributed by atoms with E-state index in [1.807, 2.05) is 0 Å². The highest BCUT2D eigenvalue weighted by Crippen LogP contribution is 2.35. The van der Waals surface area contributed by atoms with Crippen LogP contribution in [0, 0.1) is 5.92 Å². The second-order valence-electron chi connectivity index (χ2n) is 6.04. The molecule has 100 valence electrons. The highest BCUT2D eigenvalue weighted by atomic mass is 16.3. The van der Waals surface area contributed by atoms with Crippen molar-refractivity contribution in [1.82, 2.24) is 4.90 Å². The van der Waals surface area contributed by atoms with Gasteiger partial charge in [-0.3, -0.25) is 4.90 Å². The predicted octanol–water partition coefficient (Wildman–Crippen LogP) is 3.19. The van der Waals surface area contributed by atoms with E-state index in [9.17, 15) is 5.11 Å². The van der Waals surface area contributed by atoms with Crippen molar-refractivity contribution < 1.29 is 5.11 Å². The van der Waals surface area contributed by atoms with Crippen LogP contribution < -0.4 is 0 Å². The first-order valence-electron chi connectivity index (χ1n) is 7.70. The number of nitrogens with zero attached hydrogens (tertiary/aromatic N) is 1. The van der Waals surface area contributed by atoms with Crippen LogP contribution >= 0.6 is 0 Å². The quantitative estimate of drug-likeness (QED) is 0.814. The number of hydrogen-bond donors (Lipinski definition) is 1. The second-order valence-corrected chi connectivity index (χ2v) is 6.04. The molecule has 1 aliphatic carbocycles. The van der Waals surface area contributed by atoms with Crippen molar-refractivity contribution in [3.8, 4) is 0 Å². The van der Waals surface area contributed by atoms with Gasteiger partial charge in [0.15, 0.2) is 0 Å². The van der Waals surface area contributed by atoms with Gasteiger partial charge in [-0.15, -0.1) is 0 Å². The molecule has 1 heterocycles. The van der Waals surface area contributed by atoms with Crippen LogP contribution in [-0.4, -0.2) is 34.7 Å². The maximum Gasteiger partial charge on any atom is 0.0695 e. The Balaban J connectivity index is 1.96. The van der Waals surface area contributed by atoms with Crippen molar-refractivity contribution in [2.75, 3.05) is 6.54 Å². The van der Waals surface area contributed by atoms with Gasteiger partial charge >= 0.3 is 0 Å². The molecule has 17 heavy (non-hydrogen) atoms. The predicted molar refractivity (Wildman–Crippen MR) is 72.1 cm³/mol. The van der Waals surface area contributed by atoms with E-state index in [1.165, 1.54) is 51.5 Å². The van der Waals surface area contributed by atoms with Crippen LogP contribution in [0.1, 0.15) is 65.2 Å². The minimum atomic E-state index is -0.0599. The molecule has 1 aliphatic heterocycles. The molecule has 2 rings (SSSR count). The zero-order valence-electron chi connectivity index (χ0n) is 11.6. The summed E-state index contributed by atoms with van der Waals surface area (Å²) in [6, 6.07) is 1.21. The summed E-state index contributed by atoms with van der Waals surface area (Å²) >= 11 is 0. The molecule has 1 saturated heterocycles. The molecule has 2 aliphatic rings. The van der Waals surface area contributed by atoms with E-state index in [-0.39, 0.29) is 6.10 Å². The number of aliphatic hydroxyl groups excluding tert-OH is 1. The summed E-state index contributed by atoms with van der Waals surface area (Å²) in [6.07, 6.45) is 10.0. The first-order valence-corrected chi connectivity index (χ1v) is 7.70. The van der Waals surface area contributed by atoms with Crippen LogP contribution in [0.3, 0.4) is 0 Å². The van der Waals surface area contributed by atoms with Crippen LogP contribution in [-0.2, 0) is 0 Å². The van der Waals surface area contributed by atoms with Gasteiger partial charge in [-0.05, 0) is 51.0 Å². The fraction of sp³-hybridized carbons (Fsp3) is 1.00. The molecule has 0 bridgehead atoms. The van der Waals surface area contributed by atoms with Gasteiger partial charge in [0.25, 0.3) is 0 Å². The van der Waals surface area contributed by atoms with Gasteiger partial charge in [-0.2, -0.15) is 0 Å². The van der Waals surface area contributed by atoms with Gasteiger partial charge in [0.2, 0.25) is 0 Å². The minimum Gasteiger partial charge on any atom is -0.391 e. The van der Waals surface area contributed by atoms with Crippen LogP contribution in [0.4, 0.5) is 0 Å². The van der Waals surface area contributed by atoms with Crippen molar-refractivity contribution in [1.29, 1.82) is 0 Å². The van der Waals surface area contributed by atoms with Crippen LogP contribution in [0.5, 0.6) is 0 Å². The average molecular weight is 239 g/mol. The molecule has 2 heteroatoms. The van der Waals surface area contributed by atoms with Crippen LogP contribution in [0.15, 0.2) is 0 Å². The lowest BCUT2D eigenvalue weighted by atomic mass is 9.80. The molecule has 0 radical (unpaired) electrons. The highest BCUT2D eigenvalue weighted by molar-refractivity contribution is 4.92. The third-order valence-electron chi connectivity index (χ3n) is 4.91. The lowest BCUT2D eigenvalue weighted by molar-refractivity contribution is -0.00461. The third kappa shape index (κ3) is 3.03. The Morgan fingerprint density at radius 2 is 2.00 bits per heavy atom. The summed E-state index contributed by atoms with van der Waals surface area (Å²) in [5, 5.41) is 10.3. The molecule has 4 atom stereocenters. The molecule has 1 N–H and O–H groups in total. The molecule has 1 saturated carbocycles. The molecule has 4 unspecified atom stereocenters. The monoisotopic (exact) mass is 239 g/mol. The molecule has 0 aromatic carbocycles. The van der Waals surface area contributed by atoms with E-state index in [0.29, 0.717) is 6.04 Å². The van der Waals surface area contributed by atoms with Gasteiger partial charge < -0.3 is 5.11 Å².